The SMILES string of the molecule is COc1ccc(C(=O)N2CCSc3ccccc32)c(N)c1. The molecular weight excluding hydrogens is 284 g/mol. The summed E-state index contributed by atoms with van der Waals surface area (Å²) in [6.45, 7) is 0.686. The monoisotopic (exact) mass is 300 g/mol. The maximum atomic E-state index is 12.8. The topological polar surface area (TPSA) is 55.6 Å². The highest BCUT2D eigenvalue weighted by atomic mass is 32.2. The van der Waals surface area contributed by atoms with Crippen molar-refractivity contribution < 1.29 is 9.53 Å². The molecule has 0 saturated heterocycles. The van der Waals surface area contributed by atoms with Crippen LogP contribution in [0.15, 0.2) is 47.4 Å². The summed E-state index contributed by atoms with van der Waals surface area (Å²) in [5.41, 5.74) is 7.90. The van der Waals surface area contributed by atoms with Crippen molar-refractivity contribution in [2.75, 3.05) is 30.0 Å². The van der Waals surface area contributed by atoms with Gasteiger partial charge in [0.05, 0.1) is 18.4 Å². The molecule has 108 valence electrons. The van der Waals surface area contributed by atoms with Gasteiger partial charge < -0.3 is 15.4 Å². The Morgan fingerprint density at radius 2 is 2.10 bits per heavy atom. The molecule has 2 aromatic carbocycles. The molecule has 1 amide bonds. The number of ether oxygens (including phenoxy) is 1. The molecule has 2 aromatic rings. The Morgan fingerprint density at radius 1 is 1.29 bits per heavy atom. The van der Waals surface area contributed by atoms with E-state index in [2.05, 4.69) is 0 Å². The first kappa shape index (κ1) is 13.8. The van der Waals surface area contributed by atoms with Gasteiger partial charge in [-0.1, -0.05) is 12.1 Å². The van der Waals surface area contributed by atoms with E-state index in [1.54, 1.807) is 42.0 Å². The average Bonchev–Trinajstić information content (AvgIpc) is 2.53. The molecule has 0 spiro atoms. The van der Waals surface area contributed by atoms with Gasteiger partial charge in [-0.05, 0) is 24.3 Å². The third-order valence-corrected chi connectivity index (χ3v) is 4.51. The van der Waals surface area contributed by atoms with Crippen LogP contribution >= 0.6 is 11.8 Å². The minimum atomic E-state index is -0.0668. The summed E-state index contributed by atoms with van der Waals surface area (Å²) in [5, 5.41) is 0. The largest absolute Gasteiger partial charge is 0.497 e. The van der Waals surface area contributed by atoms with Crippen LogP contribution in [-0.2, 0) is 0 Å². The van der Waals surface area contributed by atoms with Gasteiger partial charge in [-0.3, -0.25) is 4.79 Å². The number of nitrogen functional groups attached to an aromatic ring is 1. The predicted octanol–water partition coefficient (Wildman–Crippen LogP) is 3.03. The van der Waals surface area contributed by atoms with Crippen LogP contribution in [0.3, 0.4) is 0 Å². The van der Waals surface area contributed by atoms with Gasteiger partial charge in [0, 0.05) is 28.9 Å². The molecule has 21 heavy (non-hydrogen) atoms. The second-order valence-corrected chi connectivity index (χ2v) is 5.86. The molecule has 1 aliphatic heterocycles. The molecule has 0 aromatic heterocycles. The number of hydrogen-bond acceptors (Lipinski definition) is 4. The Labute approximate surface area is 127 Å². The summed E-state index contributed by atoms with van der Waals surface area (Å²) in [4.78, 5) is 15.7. The molecule has 0 unspecified atom stereocenters. The van der Waals surface area contributed by atoms with Gasteiger partial charge in [-0.2, -0.15) is 0 Å². The molecule has 1 aliphatic rings. The molecule has 0 fully saturated rings. The number of rotatable bonds is 2. The van der Waals surface area contributed by atoms with Gasteiger partial charge in [0.25, 0.3) is 5.91 Å². The summed E-state index contributed by atoms with van der Waals surface area (Å²) >= 11 is 1.77. The van der Waals surface area contributed by atoms with Crippen LogP contribution in [0, 0.1) is 0 Å². The van der Waals surface area contributed by atoms with E-state index < -0.39 is 0 Å². The van der Waals surface area contributed by atoms with E-state index in [9.17, 15) is 4.79 Å². The minimum Gasteiger partial charge on any atom is -0.497 e. The predicted molar refractivity (Wildman–Crippen MR) is 86.2 cm³/mol. The first-order valence-electron chi connectivity index (χ1n) is 6.68. The van der Waals surface area contributed by atoms with Crippen LogP contribution in [0.25, 0.3) is 0 Å². The fourth-order valence-corrected chi connectivity index (χ4v) is 3.38. The van der Waals surface area contributed by atoms with Gasteiger partial charge in [0.2, 0.25) is 0 Å². The maximum Gasteiger partial charge on any atom is 0.260 e. The molecule has 0 bridgehead atoms. The minimum absolute atomic E-state index is 0.0668. The van der Waals surface area contributed by atoms with Crippen molar-refractivity contribution in [3.05, 3.63) is 48.0 Å². The van der Waals surface area contributed by atoms with Crippen LogP contribution < -0.4 is 15.4 Å². The van der Waals surface area contributed by atoms with Crippen molar-refractivity contribution in [1.82, 2.24) is 0 Å². The number of fused-ring (bicyclic) bond motifs is 1. The number of para-hydroxylation sites is 1. The number of nitrogens with two attached hydrogens (primary N) is 1. The van der Waals surface area contributed by atoms with Crippen LogP contribution in [0.5, 0.6) is 5.75 Å². The van der Waals surface area contributed by atoms with Crippen LogP contribution in [0.1, 0.15) is 10.4 Å². The number of thioether (sulfide) groups is 1. The Balaban J connectivity index is 1.97. The van der Waals surface area contributed by atoms with Crippen molar-refractivity contribution in [1.29, 1.82) is 0 Å². The fourth-order valence-electron chi connectivity index (χ4n) is 2.39. The number of hydrogen-bond donors (Lipinski definition) is 1. The van der Waals surface area contributed by atoms with E-state index in [-0.39, 0.29) is 5.91 Å². The van der Waals surface area contributed by atoms with E-state index in [0.29, 0.717) is 23.5 Å². The first-order chi connectivity index (χ1) is 10.2. The lowest BCUT2D eigenvalue weighted by Gasteiger charge is -2.29. The van der Waals surface area contributed by atoms with Crippen molar-refractivity contribution in [2.45, 2.75) is 4.90 Å². The number of anilines is 2. The lowest BCUT2D eigenvalue weighted by atomic mass is 10.1. The zero-order chi connectivity index (χ0) is 14.8. The highest BCUT2D eigenvalue weighted by Crippen LogP contribution is 2.35. The Kier molecular flexibility index (Phi) is 3.75. The number of amides is 1. The van der Waals surface area contributed by atoms with E-state index in [1.165, 1.54) is 0 Å². The van der Waals surface area contributed by atoms with Gasteiger partial charge in [0.1, 0.15) is 5.75 Å². The van der Waals surface area contributed by atoms with Gasteiger partial charge in [0.15, 0.2) is 0 Å². The molecule has 3 rings (SSSR count). The summed E-state index contributed by atoms with van der Waals surface area (Å²) in [5.74, 6) is 1.47. The standard InChI is InChI=1S/C16H16N2O2S/c1-20-11-6-7-12(13(17)10-11)16(19)18-8-9-21-15-5-3-2-4-14(15)18/h2-7,10H,8-9,17H2,1H3. The van der Waals surface area contributed by atoms with Gasteiger partial charge in [-0.15, -0.1) is 11.8 Å². The Hall–Kier alpha value is -2.14. The quantitative estimate of drug-likeness (QED) is 0.866. The van der Waals surface area contributed by atoms with E-state index in [1.807, 2.05) is 24.3 Å². The molecule has 0 radical (unpaired) electrons. The number of benzene rings is 2. The lowest BCUT2D eigenvalue weighted by molar-refractivity contribution is 0.0988. The third kappa shape index (κ3) is 2.56. The molecule has 0 aliphatic carbocycles. The highest BCUT2D eigenvalue weighted by molar-refractivity contribution is 7.99. The summed E-state index contributed by atoms with van der Waals surface area (Å²) in [7, 11) is 1.58. The number of methoxy groups -OCH3 is 1. The Bertz CT molecular complexity index is 688. The van der Waals surface area contributed by atoms with Crippen molar-refractivity contribution in [3.8, 4) is 5.75 Å². The van der Waals surface area contributed by atoms with Crippen LogP contribution in [0.4, 0.5) is 11.4 Å². The molecule has 0 atom stereocenters. The smallest absolute Gasteiger partial charge is 0.260 e. The van der Waals surface area contributed by atoms with Crippen molar-refractivity contribution >= 4 is 29.0 Å². The second kappa shape index (κ2) is 5.69. The zero-order valence-corrected chi connectivity index (χ0v) is 12.5. The second-order valence-electron chi connectivity index (χ2n) is 4.73. The van der Waals surface area contributed by atoms with E-state index >= 15 is 0 Å². The highest BCUT2D eigenvalue weighted by Gasteiger charge is 2.25. The van der Waals surface area contributed by atoms with Crippen molar-refractivity contribution in [3.63, 3.8) is 0 Å². The zero-order valence-electron chi connectivity index (χ0n) is 11.7. The first-order valence-corrected chi connectivity index (χ1v) is 7.66. The maximum absolute atomic E-state index is 12.8. The molecule has 4 nitrogen and oxygen atoms in total. The number of carbonyl (C=O) groups is 1. The summed E-state index contributed by atoms with van der Waals surface area (Å²) in [6, 6.07) is 13.1. The number of carbonyl (C=O) groups excluding carboxylic acids is 1. The van der Waals surface area contributed by atoms with Crippen LogP contribution in [0.2, 0.25) is 0 Å². The average molecular weight is 300 g/mol. The molecule has 0 saturated carbocycles. The third-order valence-electron chi connectivity index (χ3n) is 3.46. The molecular formula is C16H16N2O2S. The summed E-state index contributed by atoms with van der Waals surface area (Å²) < 4.78 is 5.12. The van der Waals surface area contributed by atoms with E-state index in [0.717, 1.165) is 16.3 Å². The normalized spacial score (nSPS) is 13.7. The molecule has 5 heteroatoms. The lowest BCUT2D eigenvalue weighted by Crippen LogP contribution is -2.35. The Morgan fingerprint density at radius 3 is 2.86 bits per heavy atom. The molecule has 2 N–H and O–H groups in total. The number of nitrogens with zero attached hydrogens (tertiary/aromatic N) is 1. The summed E-state index contributed by atoms with van der Waals surface area (Å²) in [6.07, 6.45) is 0. The van der Waals surface area contributed by atoms with Gasteiger partial charge in [-0.25, -0.2) is 0 Å². The van der Waals surface area contributed by atoms with E-state index in [4.69, 9.17) is 10.5 Å². The molecule has 1 heterocycles. The fraction of sp³-hybridized carbons (Fsp3) is 0.188. The van der Waals surface area contributed by atoms with Gasteiger partial charge >= 0.3 is 0 Å². The van der Waals surface area contributed by atoms with Crippen LogP contribution in [-0.4, -0.2) is 25.3 Å². The van der Waals surface area contributed by atoms with Crippen molar-refractivity contribution in [2.24, 2.45) is 0 Å².